The molecular formula is C15H23NO2. The largest absolute Gasteiger partial charge is 0.497 e. The highest BCUT2D eigenvalue weighted by Gasteiger charge is 2.25. The summed E-state index contributed by atoms with van der Waals surface area (Å²) in [6, 6.07) is 8.66. The van der Waals surface area contributed by atoms with Gasteiger partial charge in [0.25, 0.3) is 0 Å². The van der Waals surface area contributed by atoms with Gasteiger partial charge in [0.05, 0.1) is 13.7 Å². The normalized spacial score (nSPS) is 22.1. The van der Waals surface area contributed by atoms with Gasteiger partial charge in [-0.15, -0.1) is 0 Å². The summed E-state index contributed by atoms with van der Waals surface area (Å²) in [7, 11) is 1.69. The Morgan fingerprint density at radius 2 is 2.11 bits per heavy atom. The van der Waals surface area contributed by atoms with Crippen LogP contribution >= 0.6 is 0 Å². The van der Waals surface area contributed by atoms with Gasteiger partial charge in [-0.05, 0) is 43.0 Å². The van der Waals surface area contributed by atoms with Gasteiger partial charge in [-0.1, -0.05) is 19.1 Å². The Bertz CT molecular complexity index is 363. The molecule has 100 valence electrons. The highest BCUT2D eigenvalue weighted by Crippen LogP contribution is 2.24. The summed E-state index contributed by atoms with van der Waals surface area (Å²) in [5.74, 6) is 1.39. The van der Waals surface area contributed by atoms with Crippen LogP contribution in [0.1, 0.15) is 31.2 Å². The maximum atomic E-state index is 9.33. The van der Waals surface area contributed by atoms with E-state index in [0.29, 0.717) is 12.0 Å². The van der Waals surface area contributed by atoms with Gasteiger partial charge in [0.2, 0.25) is 0 Å². The van der Waals surface area contributed by atoms with Crippen LogP contribution in [0.15, 0.2) is 24.3 Å². The molecule has 1 N–H and O–H groups in total. The van der Waals surface area contributed by atoms with Crippen LogP contribution in [0.4, 0.5) is 0 Å². The van der Waals surface area contributed by atoms with Gasteiger partial charge in [-0.3, -0.25) is 4.90 Å². The lowest BCUT2D eigenvalue weighted by atomic mass is 10.0. The van der Waals surface area contributed by atoms with Crippen LogP contribution in [-0.4, -0.2) is 42.9 Å². The lowest BCUT2D eigenvalue weighted by Crippen LogP contribution is -2.35. The molecule has 1 fully saturated rings. The third-order valence-electron chi connectivity index (χ3n) is 3.90. The summed E-state index contributed by atoms with van der Waals surface area (Å²) < 4.78 is 5.17. The first kappa shape index (κ1) is 13.4. The standard InChI is InChI=1S/C15H23NO2/c1-12(10-16-9-3-4-14(16)11-17)13-5-7-15(18-2)8-6-13/h5-8,12,14,17H,3-4,9-11H2,1-2H3/t12?,14-/m1/s1. The smallest absolute Gasteiger partial charge is 0.118 e. The molecule has 0 aromatic heterocycles. The van der Waals surface area contributed by atoms with Crippen LogP contribution in [0.5, 0.6) is 5.75 Å². The predicted octanol–water partition coefficient (Wildman–Crippen LogP) is 2.26. The zero-order valence-corrected chi connectivity index (χ0v) is 11.3. The van der Waals surface area contributed by atoms with Crippen LogP contribution in [0.3, 0.4) is 0 Å². The fraction of sp³-hybridized carbons (Fsp3) is 0.600. The van der Waals surface area contributed by atoms with Crippen LogP contribution in [-0.2, 0) is 0 Å². The number of aliphatic hydroxyl groups excluding tert-OH is 1. The highest BCUT2D eigenvalue weighted by atomic mass is 16.5. The van der Waals surface area contributed by atoms with Crippen LogP contribution in [0.25, 0.3) is 0 Å². The number of benzene rings is 1. The van der Waals surface area contributed by atoms with Crippen molar-refractivity contribution in [2.45, 2.75) is 31.7 Å². The van der Waals surface area contributed by atoms with E-state index in [0.717, 1.165) is 25.3 Å². The van der Waals surface area contributed by atoms with E-state index in [4.69, 9.17) is 4.74 Å². The van der Waals surface area contributed by atoms with Crippen molar-refractivity contribution in [1.82, 2.24) is 4.90 Å². The SMILES string of the molecule is COc1ccc(C(C)CN2CCC[C@@H]2CO)cc1. The number of aliphatic hydroxyl groups is 1. The molecular weight excluding hydrogens is 226 g/mol. The monoisotopic (exact) mass is 249 g/mol. The van der Waals surface area contributed by atoms with E-state index in [-0.39, 0.29) is 6.61 Å². The number of hydrogen-bond donors (Lipinski definition) is 1. The summed E-state index contributed by atoms with van der Waals surface area (Å²) in [5.41, 5.74) is 1.33. The van der Waals surface area contributed by atoms with Crippen molar-refractivity contribution in [1.29, 1.82) is 0 Å². The average Bonchev–Trinajstić information content (AvgIpc) is 2.86. The summed E-state index contributed by atoms with van der Waals surface area (Å²) in [4.78, 5) is 2.41. The van der Waals surface area contributed by atoms with Crippen molar-refractivity contribution in [2.75, 3.05) is 26.8 Å². The van der Waals surface area contributed by atoms with Crippen molar-refractivity contribution >= 4 is 0 Å². The first-order chi connectivity index (χ1) is 8.74. The maximum absolute atomic E-state index is 9.33. The third kappa shape index (κ3) is 3.03. The van der Waals surface area contributed by atoms with Crippen LogP contribution in [0, 0.1) is 0 Å². The van der Waals surface area contributed by atoms with Gasteiger partial charge in [0, 0.05) is 12.6 Å². The molecule has 0 saturated carbocycles. The molecule has 0 aliphatic carbocycles. The van der Waals surface area contributed by atoms with E-state index in [1.165, 1.54) is 12.0 Å². The van der Waals surface area contributed by atoms with Gasteiger partial charge >= 0.3 is 0 Å². The molecule has 3 nitrogen and oxygen atoms in total. The number of hydrogen-bond acceptors (Lipinski definition) is 3. The fourth-order valence-corrected chi connectivity index (χ4v) is 2.73. The van der Waals surface area contributed by atoms with Crippen molar-refractivity contribution in [2.24, 2.45) is 0 Å². The van der Waals surface area contributed by atoms with E-state index in [2.05, 4.69) is 24.0 Å². The Hall–Kier alpha value is -1.06. The lowest BCUT2D eigenvalue weighted by Gasteiger charge is -2.26. The molecule has 0 amide bonds. The third-order valence-corrected chi connectivity index (χ3v) is 3.90. The Balaban J connectivity index is 1.95. The molecule has 1 saturated heterocycles. The molecule has 0 radical (unpaired) electrons. The first-order valence-electron chi connectivity index (χ1n) is 6.73. The van der Waals surface area contributed by atoms with Gasteiger partial charge in [-0.2, -0.15) is 0 Å². The number of nitrogens with zero attached hydrogens (tertiary/aromatic N) is 1. The molecule has 2 rings (SSSR count). The second-order valence-electron chi connectivity index (χ2n) is 5.15. The minimum atomic E-state index is 0.287. The molecule has 0 bridgehead atoms. The topological polar surface area (TPSA) is 32.7 Å². The Labute approximate surface area is 109 Å². The van der Waals surface area contributed by atoms with E-state index in [9.17, 15) is 5.11 Å². The Morgan fingerprint density at radius 3 is 2.72 bits per heavy atom. The minimum absolute atomic E-state index is 0.287. The quantitative estimate of drug-likeness (QED) is 0.869. The van der Waals surface area contributed by atoms with Crippen molar-refractivity contribution in [3.63, 3.8) is 0 Å². The number of methoxy groups -OCH3 is 1. The molecule has 1 unspecified atom stereocenters. The molecule has 1 aromatic rings. The van der Waals surface area contributed by atoms with E-state index in [1.54, 1.807) is 7.11 Å². The number of likely N-dealkylation sites (tertiary alicyclic amines) is 1. The molecule has 3 heteroatoms. The van der Waals surface area contributed by atoms with Gasteiger partial charge in [-0.25, -0.2) is 0 Å². The lowest BCUT2D eigenvalue weighted by molar-refractivity contribution is 0.154. The summed E-state index contributed by atoms with van der Waals surface area (Å²) >= 11 is 0. The number of ether oxygens (including phenoxy) is 1. The molecule has 0 spiro atoms. The molecule has 18 heavy (non-hydrogen) atoms. The second-order valence-corrected chi connectivity index (χ2v) is 5.15. The molecule has 1 aromatic carbocycles. The van der Waals surface area contributed by atoms with Crippen molar-refractivity contribution < 1.29 is 9.84 Å². The molecule has 2 atom stereocenters. The highest BCUT2D eigenvalue weighted by molar-refractivity contribution is 5.29. The zero-order chi connectivity index (χ0) is 13.0. The Morgan fingerprint density at radius 1 is 1.39 bits per heavy atom. The first-order valence-corrected chi connectivity index (χ1v) is 6.73. The van der Waals surface area contributed by atoms with Crippen LogP contribution < -0.4 is 4.74 Å². The Kier molecular flexibility index (Phi) is 4.61. The summed E-state index contributed by atoms with van der Waals surface area (Å²) in [5, 5.41) is 9.33. The van der Waals surface area contributed by atoms with Gasteiger partial charge in [0.1, 0.15) is 5.75 Å². The fourth-order valence-electron chi connectivity index (χ4n) is 2.73. The zero-order valence-electron chi connectivity index (χ0n) is 11.3. The van der Waals surface area contributed by atoms with Crippen LogP contribution in [0.2, 0.25) is 0 Å². The van der Waals surface area contributed by atoms with E-state index < -0.39 is 0 Å². The maximum Gasteiger partial charge on any atom is 0.118 e. The van der Waals surface area contributed by atoms with Gasteiger partial charge < -0.3 is 9.84 Å². The summed E-state index contributed by atoms with van der Waals surface area (Å²) in [6.45, 7) is 4.67. The van der Waals surface area contributed by atoms with Gasteiger partial charge in [0.15, 0.2) is 0 Å². The molecule has 1 aliphatic heterocycles. The molecule has 1 aliphatic rings. The molecule has 1 heterocycles. The summed E-state index contributed by atoms with van der Waals surface area (Å²) in [6.07, 6.45) is 2.34. The predicted molar refractivity (Wildman–Crippen MR) is 73.1 cm³/mol. The van der Waals surface area contributed by atoms with Crippen molar-refractivity contribution in [3.8, 4) is 5.75 Å². The minimum Gasteiger partial charge on any atom is -0.497 e. The second kappa shape index (κ2) is 6.21. The van der Waals surface area contributed by atoms with Crippen molar-refractivity contribution in [3.05, 3.63) is 29.8 Å². The average molecular weight is 249 g/mol. The van der Waals surface area contributed by atoms with E-state index in [1.807, 2.05) is 12.1 Å². The van der Waals surface area contributed by atoms with E-state index >= 15 is 0 Å². The number of rotatable bonds is 5.